The average molecular weight is 488 g/mol. The number of thioether (sulfide) groups is 1. The SMILES string of the molecule is CO/N=C(\C(=O)N[C@@H]1C(=O)N2C(C(=O)O)=C(/C=C\c3cncnc3)CS[C@H]12)c1csc(N)n1. The van der Waals surface area contributed by atoms with Gasteiger partial charge in [-0.05, 0) is 5.57 Å². The van der Waals surface area contributed by atoms with Crippen LogP contribution in [0, 0.1) is 0 Å². The topological polar surface area (TPSA) is 173 Å². The number of nitrogens with two attached hydrogens (primary N) is 1. The van der Waals surface area contributed by atoms with Gasteiger partial charge in [-0.2, -0.15) is 0 Å². The largest absolute Gasteiger partial charge is 0.477 e. The summed E-state index contributed by atoms with van der Waals surface area (Å²) in [5.74, 6) is -2.13. The zero-order valence-electron chi connectivity index (χ0n) is 17.0. The number of β-lactam (4-membered cyclic amide) rings is 1. The van der Waals surface area contributed by atoms with Gasteiger partial charge in [0.1, 0.15) is 36.2 Å². The fourth-order valence-corrected chi connectivity index (χ4v) is 5.13. The van der Waals surface area contributed by atoms with Crippen LogP contribution in [-0.4, -0.2) is 72.7 Å². The summed E-state index contributed by atoms with van der Waals surface area (Å²) in [5, 5.41) is 17.3. The Morgan fingerprint density at radius 2 is 2.12 bits per heavy atom. The predicted molar refractivity (Wildman–Crippen MR) is 121 cm³/mol. The number of fused-ring (bicyclic) bond motifs is 1. The number of nitrogen functional groups attached to an aromatic ring is 1. The smallest absolute Gasteiger partial charge is 0.352 e. The Hall–Kier alpha value is -3.78. The summed E-state index contributed by atoms with van der Waals surface area (Å²) in [4.78, 5) is 55.3. The van der Waals surface area contributed by atoms with Crippen molar-refractivity contribution in [3.05, 3.63) is 52.7 Å². The molecule has 0 spiro atoms. The van der Waals surface area contributed by atoms with Crippen molar-refractivity contribution in [1.29, 1.82) is 0 Å². The van der Waals surface area contributed by atoms with Gasteiger partial charge in [0.15, 0.2) is 10.8 Å². The number of hydrogen-bond acceptors (Lipinski definition) is 11. The van der Waals surface area contributed by atoms with Gasteiger partial charge in [0.2, 0.25) is 0 Å². The molecule has 4 N–H and O–H groups in total. The lowest BCUT2D eigenvalue weighted by Gasteiger charge is -2.49. The van der Waals surface area contributed by atoms with Crippen molar-refractivity contribution in [3.63, 3.8) is 0 Å². The molecule has 0 aromatic carbocycles. The number of hydrogen-bond donors (Lipinski definition) is 3. The first-order valence-corrected chi connectivity index (χ1v) is 11.3. The molecule has 14 heteroatoms. The highest BCUT2D eigenvalue weighted by Gasteiger charge is 2.54. The fourth-order valence-electron chi connectivity index (χ4n) is 3.27. The number of nitrogens with one attached hydrogen (secondary N) is 1. The minimum atomic E-state index is -1.23. The highest BCUT2D eigenvalue weighted by atomic mass is 32.2. The first-order chi connectivity index (χ1) is 15.9. The van der Waals surface area contributed by atoms with Gasteiger partial charge in [0, 0.05) is 29.1 Å². The molecule has 33 heavy (non-hydrogen) atoms. The van der Waals surface area contributed by atoms with Crippen LogP contribution in [-0.2, 0) is 19.2 Å². The van der Waals surface area contributed by atoms with Crippen LogP contribution in [0.4, 0.5) is 5.13 Å². The maximum absolute atomic E-state index is 12.8. The molecule has 0 radical (unpaired) electrons. The second-order valence-corrected chi connectivity index (χ2v) is 8.73. The van der Waals surface area contributed by atoms with Crippen LogP contribution in [0.25, 0.3) is 6.08 Å². The van der Waals surface area contributed by atoms with E-state index in [9.17, 15) is 19.5 Å². The molecule has 2 atom stereocenters. The summed E-state index contributed by atoms with van der Waals surface area (Å²) in [6.07, 6.45) is 7.85. The van der Waals surface area contributed by atoms with Crippen LogP contribution in [0.1, 0.15) is 11.3 Å². The molecule has 2 amide bonds. The van der Waals surface area contributed by atoms with E-state index in [1.807, 2.05) is 0 Å². The lowest BCUT2D eigenvalue weighted by molar-refractivity contribution is -0.150. The van der Waals surface area contributed by atoms with Crippen molar-refractivity contribution in [1.82, 2.24) is 25.2 Å². The van der Waals surface area contributed by atoms with Crippen molar-refractivity contribution in [3.8, 4) is 0 Å². The summed E-state index contributed by atoms with van der Waals surface area (Å²) in [6.45, 7) is 0. The highest BCUT2D eigenvalue weighted by molar-refractivity contribution is 8.00. The number of allylic oxidation sites excluding steroid dienone is 1. The van der Waals surface area contributed by atoms with Crippen LogP contribution in [0.2, 0.25) is 0 Å². The lowest BCUT2D eigenvalue weighted by Crippen LogP contribution is -2.71. The average Bonchev–Trinajstić information content (AvgIpc) is 3.25. The number of aromatic nitrogens is 3. The number of rotatable bonds is 7. The van der Waals surface area contributed by atoms with Gasteiger partial charge >= 0.3 is 5.97 Å². The molecule has 2 aromatic rings. The molecule has 12 nitrogen and oxygen atoms in total. The van der Waals surface area contributed by atoms with Crippen molar-refractivity contribution >= 4 is 57.8 Å². The quantitative estimate of drug-likeness (QED) is 0.280. The van der Waals surface area contributed by atoms with E-state index in [1.165, 1.54) is 30.1 Å². The van der Waals surface area contributed by atoms with Crippen LogP contribution >= 0.6 is 23.1 Å². The van der Waals surface area contributed by atoms with Gasteiger partial charge in [-0.25, -0.2) is 19.7 Å². The predicted octanol–water partition coefficient (Wildman–Crippen LogP) is 0.318. The Bertz CT molecular complexity index is 1190. The van der Waals surface area contributed by atoms with E-state index in [0.717, 1.165) is 11.3 Å². The maximum atomic E-state index is 12.8. The summed E-state index contributed by atoms with van der Waals surface area (Å²) in [5.41, 5.74) is 6.72. The third-order valence-electron chi connectivity index (χ3n) is 4.71. The van der Waals surface area contributed by atoms with Crippen LogP contribution < -0.4 is 11.1 Å². The molecule has 170 valence electrons. The molecule has 1 fully saturated rings. The number of aliphatic carboxylic acids is 1. The van der Waals surface area contributed by atoms with Gasteiger partial charge < -0.3 is 21.0 Å². The summed E-state index contributed by atoms with van der Waals surface area (Å²) >= 11 is 2.46. The van der Waals surface area contributed by atoms with Crippen molar-refractivity contribution in [2.75, 3.05) is 18.6 Å². The minimum Gasteiger partial charge on any atom is -0.477 e. The minimum absolute atomic E-state index is 0.125. The number of amides is 2. The molecule has 0 unspecified atom stereocenters. The second kappa shape index (κ2) is 9.38. The maximum Gasteiger partial charge on any atom is 0.352 e. The highest BCUT2D eigenvalue weighted by Crippen LogP contribution is 2.40. The zero-order chi connectivity index (χ0) is 23.5. The Morgan fingerprint density at radius 3 is 2.76 bits per heavy atom. The molecule has 2 aliphatic heterocycles. The van der Waals surface area contributed by atoms with Gasteiger partial charge in [-0.15, -0.1) is 23.1 Å². The summed E-state index contributed by atoms with van der Waals surface area (Å²) < 4.78 is 0. The third-order valence-corrected chi connectivity index (χ3v) is 6.68. The normalized spacial score (nSPS) is 20.5. The zero-order valence-corrected chi connectivity index (χ0v) is 18.7. The van der Waals surface area contributed by atoms with E-state index < -0.39 is 29.2 Å². The van der Waals surface area contributed by atoms with E-state index in [4.69, 9.17) is 10.6 Å². The van der Waals surface area contributed by atoms with E-state index >= 15 is 0 Å². The van der Waals surface area contributed by atoms with Gasteiger partial charge in [0.05, 0.1) is 0 Å². The van der Waals surface area contributed by atoms with Crippen LogP contribution in [0.15, 0.2) is 46.6 Å². The molecular weight excluding hydrogens is 470 g/mol. The van der Waals surface area contributed by atoms with Gasteiger partial charge in [-0.3, -0.25) is 14.5 Å². The number of oxime groups is 1. The lowest BCUT2D eigenvalue weighted by atomic mass is 10.0. The molecule has 0 aliphatic carbocycles. The van der Waals surface area contributed by atoms with E-state index in [2.05, 4.69) is 25.4 Å². The molecule has 1 saturated heterocycles. The molecular formula is C19H17N7O5S2. The van der Waals surface area contributed by atoms with Crippen molar-refractivity contribution < 1.29 is 24.3 Å². The standard InChI is InChI=1S/C19H17N7O5S2/c1-31-25-12(11-7-33-19(20)23-11)15(27)24-13-16(28)26-14(18(29)30)10(6-32-17(13)26)3-2-9-4-21-8-22-5-9/h2-5,7-8,13,17H,6H2,1H3,(H2,20,23)(H,24,27)(H,29,30)/b3-2-,25-12-/t13-,17-/m1/s1. The number of nitrogens with zero attached hydrogens (tertiary/aromatic N) is 5. The summed E-state index contributed by atoms with van der Waals surface area (Å²) in [7, 11) is 1.27. The van der Waals surface area contributed by atoms with E-state index in [0.29, 0.717) is 16.9 Å². The summed E-state index contributed by atoms with van der Waals surface area (Å²) in [6, 6.07) is -0.928. The Kier molecular flexibility index (Phi) is 6.37. The first-order valence-electron chi connectivity index (χ1n) is 9.38. The molecule has 0 bridgehead atoms. The van der Waals surface area contributed by atoms with Crippen LogP contribution in [0.5, 0.6) is 0 Å². The number of thiazole rings is 1. The number of carboxylic acids is 1. The van der Waals surface area contributed by atoms with Gasteiger partial charge in [0.25, 0.3) is 11.8 Å². The molecule has 2 aliphatic rings. The van der Waals surface area contributed by atoms with Crippen LogP contribution in [0.3, 0.4) is 0 Å². The first kappa shape index (κ1) is 22.4. The van der Waals surface area contributed by atoms with E-state index in [1.54, 1.807) is 29.9 Å². The van der Waals surface area contributed by atoms with Gasteiger partial charge in [-0.1, -0.05) is 17.3 Å². The number of carboxylic acid groups (broad SMARTS) is 1. The Balaban J connectivity index is 1.53. The molecule has 2 aromatic heterocycles. The molecule has 4 heterocycles. The third kappa shape index (κ3) is 4.42. The molecule has 4 rings (SSSR count). The Labute approximate surface area is 195 Å². The second-order valence-electron chi connectivity index (χ2n) is 6.74. The fraction of sp³-hybridized carbons (Fsp3) is 0.211. The molecule has 0 saturated carbocycles. The van der Waals surface area contributed by atoms with E-state index in [-0.39, 0.29) is 22.2 Å². The monoisotopic (exact) mass is 487 g/mol. The Morgan fingerprint density at radius 1 is 1.36 bits per heavy atom. The van der Waals surface area contributed by atoms with Crippen molar-refractivity contribution in [2.45, 2.75) is 11.4 Å². The van der Waals surface area contributed by atoms with Crippen molar-refractivity contribution in [2.24, 2.45) is 5.16 Å². The number of anilines is 1. The number of carbonyl (C=O) groups excluding carboxylic acids is 2. The number of carbonyl (C=O) groups is 3.